The molecule has 0 aliphatic rings. The molecular weight excluding hydrogens is 448 g/mol. The van der Waals surface area contributed by atoms with E-state index in [-0.39, 0.29) is 24.5 Å². The van der Waals surface area contributed by atoms with E-state index in [1.54, 1.807) is 4.90 Å². The number of carbonyl (C=O) groups is 2. The maximum atomic E-state index is 13.7. The molecular formula is C31H38N2O3. The molecule has 0 radical (unpaired) electrons. The Bertz CT molecular complexity index is 1140. The van der Waals surface area contributed by atoms with E-state index in [4.69, 9.17) is 4.74 Å². The van der Waals surface area contributed by atoms with Gasteiger partial charge in [0.1, 0.15) is 11.8 Å². The molecule has 3 rings (SSSR count). The smallest absolute Gasteiger partial charge is 0.261 e. The van der Waals surface area contributed by atoms with Crippen LogP contribution in [0.3, 0.4) is 0 Å². The molecule has 0 fully saturated rings. The molecule has 5 heteroatoms. The Kier molecular flexibility index (Phi) is 9.69. The van der Waals surface area contributed by atoms with Gasteiger partial charge >= 0.3 is 0 Å². The van der Waals surface area contributed by atoms with Crippen LogP contribution in [-0.2, 0) is 22.6 Å². The zero-order valence-corrected chi connectivity index (χ0v) is 22.1. The third kappa shape index (κ3) is 7.45. The first-order chi connectivity index (χ1) is 17.3. The van der Waals surface area contributed by atoms with Gasteiger partial charge in [0, 0.05) is 19.0 Å². The van der Waals surface area contributed by atoms with Crippen LogP contribution in [0.4, 0.5) is 0 Å². The summed E-state index contributed by atoms with van der Waals surface area (Å²) in [5, 5.41) is 3.10. The standard InChI is InChI=1S/C31H38N2O3/c1-6-24(4)32-31(35)28(19-26-12-8-7-9-13-26)33(20-27-17-15-22(2)16-18-27)30(34)21-36-29-14-10-11-23(3)25(29)5/h7-18,24,28H,6,19-21H2,1-5H3,(H,32,35). The van der Waals surface area contributed by atoms with Crippen molar-refractivity contribution in [1.29, 1.82) is 0 Å². The SMILES string of the molecule is CCC(C)NC(=O)C(Cc1ccccc1)N(Cc1ccc(C)cc1)C(=O)COc1cccc(C)c1C. The molecule has 2 atom stereocenters. The Morgan fingerprint density at radius 1 is 0.889 bits per heavy atom. The molecule has 3 aromatic carbocycles. The number of rotatable bonds is 11. The van der Waals surface area contributed by atoms with E-state index in [2.05, 4.69) is 5.32 Å². The van der Waals surface area contributed by atoms with Crippen molar-refractivity contribution in [2.45, 2.75) is 66.1 Å². The lowest BCUT2D eigenvalue weighted by Gasteiger charge is -2.32. The Morgan fingerprint density at radius 3 is 2.25 bits per heavy atom. The van der Waals surface area contributed by atoms with Gasteiger partial charge in [-0.3, -0.25) is 9.59 Å². The lowest BCUT2D eigenvalue weighted by molar-refractivity contribution is -0.143. The largest absolute Gasteiger partial charge is 0.483 e. The van der Waals surface area contributed by atoms with Crippen LogP contribution in [0, 0.1) is 20.8 Å². The molecule has 0 bridgehead atoms. The monoisotopic (exact) mass is 486 g/mol. The number of aryl methyl sites for hydroxylation is 2. The summed E-state index contributed by atoms with van der Waals surface area (Å²) in [5.74, 6) is 0.305. The van der Waals surface area contributed by atoms with Crippen LogP contribution in [0.2, 0.25) is 0 Å². The highest BCUT2D eigenvalue weighted by Crippen LogP contribution is 2.21. The maximum absolute atomic E-state index is 13.7. The molecule has 190 valence electrons. The first-order valence-corrected chi connectivity index (χ1v) is 12.7. The number of nitrogens with zero attached hydrogens (tertiary/aromatic N) is 1. The fraction of sp³-hybridized carbons (Fsp3) is 0.355. The molecule has 0 aromatic heterocycles. The topological polar surface area (TPSA) is 58.6 Å². The minimum atomic E-state index is -0.669. The number of nitrogens with one attached hydrogen (secondary N) is 1. The molecule has 1 N–H and O–H groups in total. The van der Waals surface area contributed by atoms with E-state index < -0.39 is 6.04 Å². The Morgan fingerprint density at radius 2 is 1.58 bits per heavy atom. The lowest BCUT2D eigenvalue weighted by Crippen LogP contribution is -2.53. The number of hydrogen-bond donors (Lipinski definition) is 1. The minimum Gasteiger partial charge on any atom is -0.483 e. The van der Waals surface area contributed by atoms with Crippen molar-refractivity contribution in [2.75, 3.05) is 6.61 Å². The molecule has 0 aliphatic heterocycles. The summed E-state index contributed by atoms with van der Waals surface area (Å²) >= 11 is 0. The van der Waals surface area contributed by atoms with Crippen LogP contribution in [0.5, 0.6) is 5.75 Å². The van der Waals surface area contributed by atoms with Crippen LogP contribution < -0.4 is 10.1 Å². The Labute approximate surface area is 215 Å². The van der Waals surface area contributed by atoms with Crippen molar-refractivity contribution in [3.63, 3.8) is 0 Å². The molecule has 36 heavy (non-hydrogen) atoms. The maximum Gasteiger partial charge on any atom is 0.261 e. The highest BCUT2D eigenvalue weighted by molar-refractivity contribution is 5.88. The van der Waals surface area contributed by atoms with E-state index >= 15 is 0 Å². The Hall–Kier alpha value is -3.60. The molecule has 2 unspecified atom stereocenters. The number of hydrogen-bond acceptors (Lipinski definition) is 3. The van der Waals surface area contributed by atoms with Gasteiger partial charge in [-0.1, -0.05) is 79.2 Å². The second kappa shape index (κ2) is 12.9. The molecule has 0 heterocycles. The summed E-state index contributed by atoms with van der Waals surface area (Å²) in [6.45, 7) is 10.2. The van der Waals surface area contributed by atoms with Gasteiger partial charge < -0.3 is 15.0 Å². The number of benzene rings is 3. The van der Waals surface area contributed by atoms with Gasteiger partial charge in [0.15, 0.2) is 6.61 Å². The molecule has 0 aliphatic carbocycles. The van der Waals surface area contributed by atoms with E-state index in [9.17, 15) is 9.59 Å². The van der Waals surface area contributed by atoms with E-state index in [0.717, 1.165) is 34.2 Å². The van der Waals surface area contributed by atoms with Crippen LogP contribution in [0.25, 0.3) is 0 Å². The summed E-state index contributed by atoms with van der Waals surface area (Å²) < 4.78 is 5.98. The van der Waals surface area contributed by atoms with Gasteiger partial charge in [0.25, 0.3) is 5.91 Å². The van der Waals surface area contributed by atoms with E-state index in [1.807, 2.05) is 107 Å². The summed E-state index contributed by atoms with van der Waals surface area (Å²) in [7, 11) is 0. The van der Waals surface area contributed by atoms with E-state index in [1.165, 1.54) is 0 Å². The second-order valence-electron chi connectivity index (χ2n) is 9.52. The molecule has 0 saturated heterocycles. The fourth-order valence-electron chi connectivity index (χ4n) is 3.99. The van der Waals surface area contributed by atoms with Gasteiger partial charge in [0.05, 0.1) is 0 Å². The third-order valence-electron chi connectivity index (χ3n) is 6.65. The Balaban J connectivity index is 1.92. The fourth-order valence-corrected chi connectivity index (χ4v) is 3.99. The second-order valence-corrected chi connectivity index (χ2v) is 9.52. The van der Waals surface area contributed by atoms with Crippen LogP contribution >= 0.6 is 0 Å². The summed E-state index contributed by atoms with van der Waals surface area (Å²) in [5.41, 5.74) is 5.22. The van der Waals surface area contributed by atoms with Crippen molar-refractivity contribution in [2.24, 2.45) is 0 Å². The molecule has 0 saturated carbocycles. The zero-order valence-electron chi connectivity index (χ0n) is 22.1. The summed E-state index contributed by atoms with van der Waals surface area (Å²) in [4.78, 5) is 28.9. The number of amides is 2. The first kappa shape index (κ1) is 27.0. The van der Waals surface area contributed by atoms with Crippen molar-refractivity contribution >= 4 is 11.8 Å². The van der Waals surface area contributed by atoms with Crippen molar-refractivity contribution in [3.8, 4) is 5.75 Å². The minimum absolute atomic E-state index is 0.0123. The summed E-state index contributed by atoms with van der Waals surface area (Å²) in [6, 6.07) is 23.1. The van der Waals surface area contributed by atoms with Gasteiger partial charge in [0.2, 0.25) is 5.91 Å². The molecule has 0 spiro atoms. The molecule has 3 aromatic rings. The van der Waals surface area contributed by atoms with Gasteiger partial charge in [-0.05, 0) is 62.4 Å². The normalized spacial score (nSPS) is 12.5. The van der Waals surface area contributed by atoms with Crippen LogP contribution in [-0.4, -0.2) is 35.4 Å². The predicted molar refractivity (Wildman–Crippen MR) is 145 cm³/mol. The van der Waals surface area contributed by atoms with Crippen LogP contribution in [0.1, 0.15) is 48.1 Å². The van der Waals surface area contributed by atoms with Gasteiger partial charge in [-0.15, -0.1) is 0 Å². The third-order valence-corrected chi connectivity index (χ3v) is 6.65. The predicted octanol–water partition coefficient (Wildman–Crippen LogP) is 5.55. The lowest BCUT2D eigenvalue weighted by atomic mass is 10.0. The van der Waals surface area contributed by atoms with Gasteiger partial charge in [-0.2, -0.15) is 0 Å². The molecule has 2 amide bonds. The zero-order chi connectivity index (χ0) is 26.1. The number of ether oxygens (including phenoxy) is 1. The van der Waals surface area contributed by atoms with Crippen LogP contribution in [0.15, 0.2) is 72.8 Å². The highest BCUT2D eigenvalue weighted by Gasteiger charge is 2.31. The van der Waals surface area contributed by atoms with Crippen molar-refractivity contribution in [1.82, 2.24) is 10.2 Å². The highest BCUT2D eigenvalue weighted by atomic mass is 16.5. The van der Waals surface area contributed by atoms with Crippen molar-refractivity contribution in [3.05, 3.63) is 101 Å². The number of carbonyl (C=O) groups excluding carboxylic acids is 2. The van der Waals surface area contributed by atoms with Gasteiger partial charge in [-0.25, -0.2) is 0 Å². The van der Waals surface area contributed by atoms with E-state index in [0.29, 0.717) is 18.7 Å². The quantitative estimate of drug-likeness (QED) is 0.387. The summed E-state index contributed by atoms with van der Waals surface area (Å²) in [6.07, 6.45) is 1.23. The average Bonchev–Trinajstić information content (AvgIpc) is 2.88. The first-order valence-electron chi connectivity index (χ1n) is 12.7. The average molecular weight is 487 g/mol. The van der Waals surface area contributed by atoms with Crippen molar-refractivity contribution < 1.29 is 14.3 Å². The molecule has 5 nitrogen and oxygen atoms in total.